The molecular weight excluding hydrogens is 282 g/mol. The molecule has 0 saturated carbocycles. The average molecular weight is 307 g/mol. The highest BCUT2D eigenvalue weighted by Crippen LogP contribution is 2.14. The van der Waals surface area contributed by atoms with Crippen LogP contribution in [0.2, 0.25) is 0 Å². The zero-order chi connectivity index (χ0) is 15.8. The van der Waals surface area contributed by atoms with E-state index in [1.165, 1.54) is 0 Å². The van der Waals surface area contributed by atoms with Crippen LogP contribution in [-0.2, 0) is 0 Å². The predicted octanol–water partition coefficient (Wildman–Crippen LogP) is 0.0349. The molecule has 22 heavy (non-hydrogen) atoms. The molecule has 1 amide bonds. The van der Waals surface area contributed by atoms with Crippen molar-refractivity contribution in [2.24, 2.45) is 0 Å². The van der Waals surface area contributed by atoms with Crippen LogP contribution in [0.4, 0.5) is 0 Å². The van der Waals surface area contributed by atoms with E-state index < -0.39 is 0 Å². The molecule has 1 aromatic rings. The number of carbonyl (C=O) groups excluding carboxylic acids is 1. The first-order valence-corrected chi connectivity index (χ1v) is 7.73. The van der Waals surface area contributed by atoms with E-state index >= 15 is 0 Å². The van der Waals surface area contributed by atoms with Gasteiger partial charge in [-0.25, -0.2) is 0 Å². The topological polar surface area (TPSA) is 65.0 Å². The molecule has 2 rings (SSSR count). The Balaban J connectivity index is 1.80. The molecule has 1 heterocycles. The molecule has 0 radical (unpaired) electrons. The van der Waals surface area contributed by atoms with E-state index in [2.05, 4.69) is 5.32 Å². The molecule has 6 heteroatoms. The number of aliphatic hydroxyl groups is 1. The lowest BCUT2D eigenvalue weighted by Gasteiger charge is -2.27. The average Bonchev–Trinajstić information content (AvgIpc) is 2.56. The van der Waals surface area contributed by atoms with Gasteiger partial charge in [0.25, 0.3) is 5.91 Å². The van der Waals surface area contributed by atoms with Crippen LogP contribution in [0.25, 0.3) is 0 Å². The van der Waals surface area contributed by atoms with Crippen LogP contribution in [0.1, 0.15) is 10.4 Å². The number of carbonyl (C=O) groups is 1. The highest BCUT2D eigenvalue weighted by atomic mass is 16.5. The Morgan fingerprint density at radius 3 is 2.59 bits per heavy atom. The number of aliphatic hydroxyl groups excluding tert-OH is 1. The van der Waals surface area contributed by atoms with Gasteiger partial charge in [-0.15, -0.1) is 0 Å². The van der Waals surface area contributed by atoms with Crippen LogP contribution >= 0.6 is 0 Å². The van der Waals surface area contributed by atoms with E-state index in [0.29, 0.717) is 18.7 Å². The summed E-state index contributed by atoms with van der Waals surface area (Å²) in [4.78, 5) is 16.2. The maximum absolute atomic E-state index is 12.3. The van der Waals surface area contributed by atoms with E-state index in [4.69, 9.17) is 9.84 Å². The number of likely N-dealkylation sites (N-methyl/N-ethyl adjacent to an activating group) is 1. The van der Waals surface area contributed by atoms with Crippen LogP contribution in [0.15, 0.2) is 24.3 Å². The number of benzene rings is 1. The molecule has 1 fully saturated rings. The second kappa shape index (κ2) is 8.73. The monoisotopic (exact) mass is 307 g/mol. The summed E-state index contributed by atoms with van der Waals surface area (Å²) in [5, 5.41) is 12.1. The standard InChI is InChI=1S/C16H25N3O3/c1-18(10-12-20)11-13-22-15-4-2-14(3-5-15)16(21)19-8-6-17-7-9-19/h2-5,17,20H,6-13H2,1H3. The number of nitrogens with one attached hydrogen (secondary N) is 1. The van der Waals surface area contributed by atoms with Crippen LogP contribution in [0.5, 0.6) is 5.75 Å². The first-order chi connectivity index (χ1) is 10.7. The Hall–Kier alpha value is -1.63. The summed E-state index contributed by atoms with van der Waals surface area (Å²) in [5.74, 6) is 0.838. The molecule has 2 N–H and O–H groups in total. The van der Waals surface area contributed by atoms with Crippen LogP contribution in [0.3, 0.4) is 0 Å². The molecule has 0 unspecified atom stereocenters. The van der Waals surface area contributed by atoms with Crippen molar-refractivity contribution in [1.29, 1.82) is 0 Å². The third kappa shape index (κ3) is 4.98. The van der Waals surface area contributed by atoms with Gasteiger partial charge in [0.1, 0.15) is 12.4 Å². The van der Waals surface area contributed by atoms with E-state index in [1.807, 2.05) is 41.1 Å². The Labute approximate surface area is 131 Å². The molecule has 1 aliphatic rings. The van der Waals surface area contributed by atoms with E-state index in [0.717, 1.165) is 38.5 Å². The minimum absolute atomic E-state index is 0.0794. The zero-order valence-electron chi connectivity index (χ0n) is 13.1. The quantitative estimate of drug-likeness (QED) is 0.744. The van der Waals surface area contributed by atoms with Crippen molar-refractivity contribution in [3.63, 3.8) is 0 Å². The maximum Gasteiger partial charge on any atom is 0.253 e. The number of hydrogen-bond acceptors (Lipinski definition) is 5. The SMILES string of the molecule is CN(CCO)CCOc1ccc(C(=O)N2CCNCC2)cc1. The lowest BCUT2D eigenvalue weighted by Crippen LogP contribution is -2.46. The molecule has 1 aliphatic heterocycles. The van der Waals surface area contributed by atoms with Crippen molar-refractivity contribution >= 4 is 5.91 Å². The molecule has 0 atom stereocenters. The van der Waals surface area contributed by atoms with Gasteiger partial charge in [-0.2, -0.15) is 0 Å². The summed E-state index contributed by atoms with van der Waals surface area (Å²) >= 11 is 0. The van der Waals surface area contributed by atoms with Crippen LogP contribution < -0.4 is 10.1 Å². The molecule has 122 valence electrons. The molecule has 6 nitrogen and oxygen atoms in total. The fourth-order valence-electron chi connectivity index (χ4n) is 2.35. The predicted molar refractivity (Wildman–Crippen MR) is 85.3 cm³/mol. The van der Waals surface area contributed by atoms with Gasteiger partial charge in [-0.1, -0.05) is 0 Å². The van der Waals surface area contributed by atoms with Crippen molar-refractivity contribution in [2.75, 3.05) is 59.5 Å². The van der Waals surface area contributed by atoms with Crippen molar-refractivity contribution in [3.8, 4) is 5.75 Å². The summed E-state index contributed by atoms with van der Waals surface area (Å²) in [6.07, 6.45) is 0. The number of ether oxygens (including phenoxy) is 1. The van der Waals surface area contributed by atoms with Crippen molar-refractivity contribution < 1.29 is 14.6 Å². The van der Waals surface area contributed by atoms with Gasteiger partial charge >= 0.3 is 0 Å². The number of hydrogen-bond donors (Lipinski definition) is 2. The molecule has 0 bridgehead atoms. The smallest absolute Gasteiger partial charge is 0.253 e. The van der Waals surface area contributed by atoms with Gasteiger partial charge in [0.2, 0.25) is 0 Å². The number of rotatable bonds is 7. The third-order valence-electron chi connectivity index (χ3n) is 3.73. The third-order valence-corrected chi connectivity index (χ3v) is 3.73. The first-order valence-electron chi connectivity index (χ1n) is 7.73. The van der Waals surface area contributed by atoms with Gasteiger partial charge in [0, 0.05) is 44.8 Å². The van der Waals surface area contributed by atoms with Gasteiger partial charge in [0.15, 0.2) is 0 Å². The van der Waals surface area contributed by atoms with Gasteiger partial charge in [-0.3, -0.25) is 4.79 Å². The lowest BCUT2D eigenvalue weighted by molar-refractivity contribution is 0.0736. The fourth-order valence-corrected chi connectivity index (χ4v) is 2.35. The number of piperazine rings is 1. The van der Waals surface area contributed by atoms with Crippen molar-refractivity contribution in [1.82, 2.24) is 15.1 Å². The summed E-state index contributed by atoms with van der Waals surface area (Å²) in [6.45, 7) is 5.33. The summed E-state index contributed by atoms with van der Waals surface area (Å²) in [7, 11) is 1.94. The summed E-state index contributed by atoms with van der Waals surface area (Å²) in [6, 6.07) is 7.30. The van der Waals surface area contributed by atoms with Gasteiger partial charge in [-0.05, 0) is 31.3 Å². The van der Waals surface area contributed by atoms with E-state index in [9.17, 15) is 4.79 Å². The Kier molecular flexibility index (Phi) is 6.64. The Morgan fingerprint density at radius 2 is 1.95 bits per heavy atom. The second-order valence-corrected chi connectivity index (χ2v) is 5.44. The Morgan fingerprint density at radius 1 is 1.27 bits per heavy atom. The Bertz CT molecular complexity index is 458. The minimum Gasteiger partial charge on any atom is -0.492 e. The molecule has 0 aliphatic carbocycles. The van der Waals surface area contributed by atoms with Crippen LogP contribution in [0, 0.1) is 0 Å². The highest BCUT2D eigenvalue weighted by Gasteiger charge is 2.17. The minimum atomic E-state index is 0.0794. The second-order valence-electron chi connectivity index (χ2n) is 5.44. The van der Waals surface area contributed by atoms with Crippen molar-refractivity contribution in [2.45, 2.75) is 0 Å². The molecule has 1 saturated heterocycles. The molecule has 1 aromatic carbocycles. The first kappa shape index (κ1) is 16.7. The molecule has 0 aromatic heterocycles. The number of amides is 1. The summed E-state index contributed by atoms with van der Waals surface area (Å²) in [5.41, 5.74) is 0.701. The van der Waals surface area contributed by atoms with Crippen molar-refractivity contribution in [3.05, 3.63) is 29.8 Å². The lowest BCUT2D eigenvalue weighted by atomic mass is 10.2. The van der Waals surface area contributed by atoms with E-state index in [-0.39, 0.29) is 12.5 Å². The van der Waals surface area contributed by atoms with Crippen LogP contribution in [-0.4, -0.2) is 80.3 Å². The highest BCUT2D eigenvalue weighted by molar-refractivity contribution is 5.94. The maximum atomic E-state index is 12.3. The van der Waals surface area contributed by atoms with E-state index in [1.54, 1.807) is 0 Å². The number of nitrogens with zero attached hydrogens (tertiary/aromatic N) is 2. The molecule has 0 spiro atoms. The zero-order valence-corrected chi connectivity index (χ0v) is 13.1. The molecular formula is C16H25N3O3. The van der Waals surface area contributed by atoms with Gasteiger partial charge < -0.3 is 25.0 Å². The largest absolute Gasteiger partial charge is 0.492 e. The summed E-state index contributed by atoms with van der Waals surface area (Å²) < 4.78 is 5.64. The normalized spacial score (nSPS) is 15.1. The fraction of sp³-hybridized carbons (Fsp3) is 0.562. The van der Waals surface area contributed by atoms with Gasteiger partial charge in [0.05, 0.1) is 6.61 Å².